The fourth-order valence-corrected chi connectivity index (χ4v) is 3.29. The summed E-state index contributed by atoms with van der Waals surface area (Å²) in [5.41, 5.74) is 1.82. The maximum Gasteiger partial charge on any atom is 0.254 e. The van der Waals surface area contributed by atoms with E-state index in [4.69, 9.17) is 9.47 Å². The number of carbonyl (C=O) groups excluding carboxylic acids is 1. The average Bonchev–Trinajstić information content (AvgIpc) is 2.80. The number of hydrogen-bond donors (Lipinski definition) is 1. The van der Waals surface area contributed by atoms with Gasteiger partial charge in [-0.25, -0.2) is 9.37 Å². The number of nitrogens with one attached hydrogen (secondary N) is 1. The normalized spacial score (nSPS) is 10.6. The summed E-state index contributed by atoms with van der Waals surface area (Å²) in [5.74, 6) is 0.887. The van der Waals surface area contributed by atoms with Crippen LogP contribution in [0.15, 0.2) is 53.3 Å². The van der Waals surface area contributed by atoms with Crippen molar-refractivity contribution in [3.8, 4) is 22.9 Å². The van der Waals surface area contributed by atoms with Gasteiger partial charge >= 0.3 is 0 Å². The Kier molecular flexibility index (Phi) is 7.59. The molecule has 0 radical (unpaired) electrons. The first kappa shape index (κ1) is 23.0. The van der Waals surface area contributed by atoms with Crippen LogP contribution < -0.4 is 20.3 Å². The molecule has 8 heteroatoms. The van der Waals surface area contributed by atoms with Crippen molar-refractivity contribution in [2.45, 2.75) is 26.3 Å². The Bertz CT molecular complexity index is 1140. The first-order chi connectivity index (χ1) is 15.4. The maximum atomic E-state index is 13.3. The van der Waals surface area contributed by atoms with E-state index in [1.165, 1.54) is 22.8 Å². The van der Waals surface area contributed by atoms with Gasteiger partial charge in [0.25, 0.3) is 5.56 Å². The molecule has 0 aliphatic carbocycles. The van der Waals surface area contributed by atoms with E-state index in [2.05, 4.69) is 10.3 Å². The van der Waals surface area contributed by atoms with Crippen LogP contribution in [0, 0.1) is 5.82 Å². The van der Waals surface area contributed by atoms with Gasteiger partial charge in [0.2, 0.25) is 5.91 Å². The molecule has 0 bridgehead atoms. The Hall–Kier alpha value is -3.68. The Balaban J connectivity index is 1.72. The van der Waals surface area contributed by atoms with E-state index in [-0.39, 0.29) is 23.8 Å². The van der Waals surface area contributed by atoms with Gasteiger partial charge in [-0.15, -0.1) is 0 Å². The van der Waals surface area contributed by atoms with Gasteiger partial charge in [-0.1, -0.05) is 13.0 Å². The number of benzene rings is 2. The number of amides is 1. The van der Waals surface area contributed by atoms with Crippen LogP contribution in [0.1, 0.15) is 18.2 Å². The summed E-state index contributed by atoms with van der Waals surface area (Å²) in [6, 6.07) is 12.7. The smallest absolute Gasteiger partial charge is 0.254 e. The van der Waals surface area contributed by atoms with Gasteiger partial charge in [0.1, 0.15) is 18.2 Å². The van der Waals surface area contributed by atoms with E-state index in [1.54, 1.807) is 26.4 Å². The molecule has 1 N–H and O–H groups in total. The van der Waals surface area contributed by atoms with Crippen LogP contribution in [-0.4, -0.2) is 36.2 Å². The lowest BCUT2D eigenvalue weighted by molar-refractivity contribution is -0.121. The van der Waals surface area contributed by atoms with Gasteiger partial charge in [-0.3, -0.25) is 14.2 Å². The highest BCUT2D eigenvalue weighted by atomic mass is 19.1. The van der Waals surface area contributed by atoms with Gasteiger partial charge in [0.05, 0.1) is 14.2 Å². The van der Waals surface area contributed by atoms with Gasteiger partial charge < -0.3 is 14.8 Å². The molecule has 3 rings (SSSR count). The Morgan fingerprint density at radius 3 is 2.44 bits per heavy atom. The number of aryl methyl sites for hydroxylation is 1. The third-order valence-corrected chi connectivity index (χ3v) is 5.01. The van der Waals surface area contributed by atoms with Gasteiger partial charge in [-0.05, 0) is 54.8 Å². The zero-order chi connectivity index (χ0) is 23.1. The molecule has 0 unspecified atom stereocenters. The number of halogens is 1. The zero-order valence-corrected chi connectivity index (χ0v) is 18.4. The number of ether oxygens (including phenoxy) is 2. The number of nitrogens with zero attached hydrogens (tertiary/aromatic N) is 2. The monoisotopic (exact) mass is 439 g/mol. The molecule has 32 heavy (non-hydrogen) atoms. The predicted octanol–water partition coefficient (Wildman–Crippen LogP) is 2.99. The van der Waals surface area contributed by atoms with Crippen LogP contribution in [-0.2, 0) is 24.2 Å². The highest BCUT2D eigenvalue weighted by Gasteiger charge is 2.14. The largest absolute Gasteiger partial charge is 0.493 e. The van der Waals surface area contributed by atoms with E-state index in [1.807, 2.05) is 25.1 Å². The average molecular weight is 439 g/mol. The number of carbonyl (C=O) groups is 1. The van der Waals surface area contributed by atoms with Crippen LogP contribution in [0.5, 0.6) is 11.5 Å². The van der Waals surface area contributed by atoms with Crippen molar-refractivity contribution in [3.63, 3.8) is 0 Å². The molecule has 0 spiro atoms. The lowest BCUT2D eigenvalue weighted by atomic mass is 10.1. The second-order valence-corrected chi connectivity index (χ2v) is 7.15. The van der Waals surface area contributed by atoms with Gasteiger partial charge in [0.15, 0.2) is 11.5 Å². The maximum absolute atomic E-state index is 13.3. The quantitative estimate of drug-likeness (QED) is 0.554. The number of hydrogen-bond acceptors (Lipinski definition) is 5. The van der Waals surface area contributed by atoms with Crippen LogP contribution >= 0.6 is 0 Å². The standard InChI is InChI=1S/C24H26FN3O4/c1-4-19-14-23(30)28(24(27-19)17-6-8-18(25)9-7-17)15-22(29)26-12-11-16-5-10-20(31-2)21(13-16)32-3/h5-10,13-14H,4,11-12,15H2,1-3H3,(H,26,29). The molecule has 0 atom stereocenters. The molecule has 1 amide bonds. The molecule has 7 nitrogen and oxygen atoms in total. The summed E-state index contributed by atoms with van der Waals surface area (Å²) in [6.07, 6.45) is 1.15. The molecule has 2 aromatic carbocycles. The van der Waals surface area contributed by atoms with Crippen LogP contribution in [0.3, 0.4) is 0 Å². The Labute approximate surface area is 185 Å². The molecule has 0 aliphatic heterocycles. The molecular formula is C24H26FN3O4. The molecule has 3 aromatic rings. The minimum absolute atomic E-state index is 0.186. The predicted molar refractivity (Wildman–Crippen MR) is 120 cm³/mol. The fourth-order valence-electron chi connectivity index (χ4n) is 3.29. The topological polar surface area (TPSA) is 82.5 Å². The first-order valence-corrected chi connectivity index (χ1v) is 10.3. The number of methoxy groups -OCH3 is 2. The summed E-state index contributed by atoms with van der Waals surface area (Å²) in [5, 5.41) is 2.83. The van der Waals surface area contributed by atoms with E-state index in [0.29, 0.717) is 48.0 Å². The molecule has 168 valence electrons. The molecule has 0 saturated carbocycles. The summed E-state index contributed by atoms with van der Waals surface area (Å²) < 4.78 is 25.2. The van der Waals surface area contributed by atoms with Crippen molar-refractivity contribution in [1.82, 2.24) is 14.9 Å². The van der Waals surface area contributed by atoms with Crippen molar-refractivity contribution in [3.05, 3.63) is 76.0 Å². The Morgan fingerprint density at radius 2 is 1.78 bits per heavy atom. The molecule has 0 aliphatic rings. The highest BCUT2D eigenvalue weighted by molar-refractivity contribution is 5.76. The molecule has 0 fully saturated rings. The van der Waals surface area contributed by atoms with Gasteiger partial charge in [-0.2, -0.15) is 0 Å². The second kappa shape index (κ2) is 10.6. The lowest BCUT2D eigenvalue weighted by Gasteiger charge is -2.14. The summed E-state index contributed by atoms with van der Waals surface area (Å²) in [7, 11) is 3.14. The van der Waals surface area contributed by atoms with Crippen LogP contribution in [0.25, 0.3) is 11.4 Å². The van der Waals surface area contributed by atoms with Crippen LogP contribution in [0.4, 0.5) is 4.39 Å². The summed E-state index contributed by atoms with van der Waals surface area (Å²) in [4.78, 5) is 29.7. The third kappa shape index (κ3) is 5.51. The highest BCUT2D eigenvalue weighted by Crippen LogP contribution is 2.27. The SMILES string of the molecule is CCc1cc(=O)n(CC(=O)NCCc2ccc(OC)c(OC)c2)c(-c2ccc(F)cc2)n1. The fraction of sp³-hybridized carbons (Fsp3) is 0.292. The number of aromatic nitrogens is 2. The second-order valence-electron chi connectivity index (χ2n) is 7.15. The summed E-state index contributed by atoms with van der Waals surface area (Å²) in [6.45, 7) is 2.09. The minimum Gasteiger partial charge on any atom is -0.493 e. The third-order valence-electron chi connectivity index (χ3n) is 5.01. The van der Waals surface area contributed by atoms with E-state index in [9.17, 15) is 14.0 Å². The van der Waals surface area contributed by atoms with Crippen molar-refractivity contribution >= 4 is 5.91 Å². The van der Waals surface area contributed by atoms with Gasteiger partial charge in [0, 0.05) is 23.9 Å². The van der Waals surface area contributed by atoms with Crippen molar-refractivity contribution in [2.75, 3.05) is 20.8 Å². The number of rotatable bonds is 9. The first-order valence-electron chi connectivity index (χ1n) is 10.3. The zero-order valence-electron chi connectivity index (χ0n) is 18.4. The Morgan fingerprint density at radius 1 is 1.06 bits per heavy atom. The van der Waals surface area contributed by atoms with E-state index in [0.717, 1.165) is 5.56 Å². The minimum atomic E-state index is -0.387. The van der Waals surface area contributed by atoms with Crippen LogP contribution in [0.2, 0.25) is 0 Å². The lowest BCUT2D eigenvalue weighted by Crippen LogP contribution is -2.34. The van der Waals surface area contributed by atoms with Crippen molar-refractivity contribution in [1.29, 1.82) is 0 Å². The molecule has 1 heterocycles. The van der Waals surface area contributed by atoms with E-state index >= 15 is 0 Å². The molecule has 0 saturated heterocycles. The molecule has 1 aromatic heterocycles. The van der Waals surface area contributed by atoms with Crippen molar-refractivity contribution in [2.24, 2.45) is 0 Å². The molecular weight excluding hydrogens is 413 g/mol. The van der Waals surface area contributed by atoms with Crippen molar-refractivity contribution < 1.29 is 18.7 Å². The summed E-state index contributed by atoms with van der Waals surface area (Å²) >= 11 is 0. The van der Waals surface area contributed by atoms with E-state index < -0.39 is 0 Å².